The quantitative estimate of drug-likeness (QED) is 0.895. The third-order valence-electron chi connectivity index (χ3n) is 2.94. The summed E-state index contributed by atoms with van der Waals surface area (Å²) in [5.74, 6) is 1.55. The molecule has 1 atom stereocenters. The summed E-state index contributed by atoms with van der Waals surface area (Å²) < 4.78 is 10.9. The molecule has 3 nitrogen and oxygen atoms in total. The van der Waals surface area contributed by atoms with E-state index in [-0.39, 0.29) is 6.04 Å². The molecule has 19 heavy (non-hydrogen) atoms. The van der Waals surface area contributed by atoms with Crippen molar-refractivity contribution in [3.63, 3.8) is 0 Å². The SMILES string of the molecule is COc1cccc(OCC(N)c2cccc(C)c2)c1. The number of hydrogen-bond donors (Lipinski definition) is 1. The van der Waals surface area contributed by atoms with Crippen LogP contribution in [0.2, 0.25) is 0 Å². The number of methoxy groups -OCH3 is 1. The van der Waals surface area contributed by atoms with E-state index in [4.69, 9.17) is 15.2 Å². The van der Waals surface area contributed by atoms with E-state index >= 15 is 0 Å². The molecule has 0 radical (unpaired) electrons. The van der Waals surface area contributed by atoms with Gasteiger partial charge in [0.25, 0.3) is 0 Å². The minimum Gasteiger partial charge on any atom is -0.497 e. The Morgan fingerprint density at radius 3 is 2.53 bits per heavy atom. The minimum atomic E-state index is -0.133. The van der Waals surface area contributed by atoms with Crippen molar-refractivity contribution in [2.45, 2.75) is 13.0 Å². The van der Waals surface area contributed by atoms with Crippen molar-refractivity contribution in [1.82, 2.24) is 0 Å². The summed E-state index contributed by atoms with van der Waals surface area (Å²) in [4.78, 5) is 0. The first-order valence-electron chi connectivity index (χ1n) is 6.28. The average molecular weight is 257 g/mol. The topological polar surface area (TPSA) is 44.5 Å². The van der Waals surface area contributed by atoms with Crippen LogP contribution in [-0.2, 0) is 0 Å². The van der Waals surface area contributed by atoms with Crippen molar-refractivity contribution in [1.29, 1.82) is 0 Å². The molecular formula is C16H19NO2. The summed E-state index contributed by atoms with van der Waals surface area (Å²) in [5.41, 5.74) is 8.42. The molecule has 0 aliphatic carbocycles. The highest BCUT2D eigenvalue weighted by Crippen LogP contribution is 2.20. The lowest BCUT2D eigenvalue weighted by molar-refractivity contribution is 0.289. The van der Waals surface area contributed by atoms with Crippen LogP contribution < -0.4 is 15.2 Å². The van der Waals surface area contributed by atoms with E-state index in [1.807, 2.05) is 36.4 Å². The van der Waals surface area contributed by atoms with E-state index in [2.05, 4.69) is 19.1 Å². The maximum absolute atomic E-state index is 6.13. The second-order valence-corrected chi connectivity index (χ2v) is 4.51. The van der Waals surface area contributed by atoms with E-state index in [1.54, 1.807) is 7.11 Å². The Hall–Kier alpha value is -2.00. The van der Waals surface area contributed by atoms with Crippen LogP contribution in [0.15, 0.2) is 48.5 Å². The fourth-order valence-electron chi connectivity index (χ4n) is 1.87. The number of ether oxygens (including phenoxy) is 2. The van der Waals surface area contributed by atoms with E-state index in [0.717, 1.165) is 17.1 Å². The summed E-state index contributed by atoms with van der Waals surface area (Å²) in [6, 6.07) is 15.6. The number of aryl methyl sites for hydroxylation is 1. The van der Waals surface area contributed by atoms with Crippen molar-refractivity contribution in [3.05, 3.63) is 59.7 Å². The molecule has 0 heterocycles. The van der Waals surface area contributed by atoms with Gasteiger partial charge >= 0.3 is 0 Å². The Bertz CT molecular complexity index is 540. The zero-order chi connectivity index (χ0) is 13.7. The molecule has 2 N–H and O–H groups in total. The van der Waals surface area contributed by atoms with Crippen molar-refractivity contribution < 1.29 is 9.47 Å². The monoisotopic (exact) mass is 257 g/mol. The zero-order valence-corrected chi connectivity index (χ0v) is 11.3. The summed E-state index contributed by atoms with van der Waals surface area (Å²) in [6.07, 6.45) is 0. The van der Waals surface area contributed by atoms with Gasteiger partial charge in [0.15, 0.2) is 0 Å². The molecule has 2 rings (SSSR count). The Kier molecular flexibility index (Phi) is 4.42. The van der Waals surface area contributed by atoms with E-state index in [9.17, 15) is 0 Å². The molecule has 1 unspecified atom stereocenters. The Morgan fingerprint density at radius 1 is 1.05 bits per heavy atom. The Balaban J connectivity index is 1.98. The van der Waals surface area contributed by atoms with Gasteiger partial charge in [-0.15, -0.1) is 0 Å². The van der Waals surface area contributed by atoms with E-state index in [0.29, 0.717) is 6.61 Å². The van der Waals surface area contributed by atoms with E-state index < -0.39 is 0 Å². The Labute approximate surface area is 114 Å². The second kappa shape index (κ2) is 6.25. The molecule has 0 aliphatic rings. The summed E-state index contributed by atoms with van der Waals surface area (Å²) in [6.45, 7) is 2.50. The lowest BCUT2D eigenvalue weighted by Gasteiger charge is -2.14. The van der Waals surface area contributed by atoms with Gasteiger partial charge in [0.2, 0.25) is 0 Å². The molecule has 0 aromatic heterocycles. The third-order valence-corrected chi connectivity index (χ3v) is 2.94. The molecule has 0 saturated carbocycles. The highest BCUT2D eigenvalue weighted by atomic mass is 16.5. The van der Waals surface area contributed by atoms with Crippen LogP contribution in [0, 0.1) is 6.92 Å². The van der Waals surface area contributed by atoms with Gasteiger partial charge in [0.05, 0.1) is 13.2 Å². The maximum atomic E-state index is 6.13. The van der Waals surface area contributed by atoms with Gasteiger partial charge in [0.1, 0.15) is 18.1 Å². The molecule has 0 saturated heterocycles. The van der Waals surface area contributed by atoms with Gasteiger partial charge in [0, 0.05) is 6.07 Å². The maximum Gasteiger partial charge on any atom is 0.123 e. The van der Waals surface area contributed by atoms with Crippen molar-refractivity contribution in [3.8, 4) is 11.5 Å². The molecule has 0 spiro atoms. The Morgan fingerprint density at radius 2 is 1.79 bits per heavy atom. The normalized spacial score (nSPS) is 11.9. The predicted octanol–water partition coefficient (Wildman–Crippen LogP) is 3.08. The van der Waals surface area contributed by atoms with Crippen LogP contribution in [0.5, 0.6) is 11.5 Å². The molecule has 0 aliphatic heterocycles. The van der Waals surface area contributed by atoms with Crippen LogP contribution >= 0.6 is 0 Å². The van der Waals surface area contributed by atoms with Crippen molar-refractivity contribution >= 4 is 0 Å². The summed E-state index contributed by atoms with van der Waals surface area (Å²) >= 11 is 0. The van der Waals surface area contributed by atoms with Crippen LogP contribution in [0.1, 0.15) is 17.2 Å². The van der Waals surface area contributed by atoms with Crippen LogP contribution in [0.3, 0.4) is 0 Å². The summed E-state index contributed by atoms with van der Waals surface area (Å²) in [7, 11) is 1.64. The van der Waals surface area contributed by atoms with Gasteiger partial charge < -0.3 is 15.2 Å². The smallest absolute Gasteiger partial charge is 0.123 e. The van der Waals surface area contributed by atoms with Gasteiger partial charge in [-0.3, -0.25) is 0 Å². The summed E-state index contributed by atoms with van der Waals surface area (Å²) in [5, 5.41) is 0. The first-order valence-corrected chi connectivity index (χ1v) is 6.28. The number of hydrogen-bond acceptors (Lipinski definition) is 3. The van der Waals surface area contributed by atoms with Gasteiger partial charge in [-0.1, -0.05) is 35.9 Å². The first-order chi connectivity index (χ1) is 9.19. The third kappa shape index (κ3) is 3.73. The molecular weight excluding hydrogens is 238 g/mol. The number of nitrogens with two attached hydrogens (primary N) is 1. The molecule has 0 amide bonds. The fraction of sp³-hybridized carbons (Fsp3) is 0.250. The standard InChI is InChI=1S/C16H19NO2/c1-12-5-3-6-13(9-12)16(17)11-19-15-8-4-7-14(10-15)18-2/h3-10,16H,11,17H2,1-2H3. The van der Waals surface area contributed by atoms with Crippen LogP contribution in [-0.4, -0.2) is 13.7 Å². The average Bonchev–Trinajstić information content (AvgIpc) is 2.45. The molecule has 0 fully saturated rings. The van der Waals surface area contributed by atoms with Gasteiger partial charge in [-0.25, -0.2) is 0 Å². The highest BCUT2D eigenvalue weighted by molar-refractivity contribution is 5.33. The lowest BCUT2D eigenvalue weighted by atomic mass is 10.1. The first kappa shape index (κ1) is 13.4. The number of rotatable bonds is 5. The van der Waals surface area contributed by atoms with Crippen LogP contribution in [0.25, 0.3) is 0 Å². The molecule has 2 aromatic carbocycles. The van der Waals surface area contributed by atoms with Crippen molar-refractivity contribution in [2.24, 2.45) is 5.73 Å². The second-order valence-electron chi connectivity index (χ2n) is 4.51. The van der Waals surface area contributed by atoms with Gasteiger partial charge in [-0.2, -0.15) is 0 Å². The minimum absolute atomic E-state index is 0.133. The predicted molar refractivity (Wildman–Crippen MR) is 76.6 cm³/mol. The fourth-order valence-corrected chi connectivity index (χ4v) is 1.87. The van der Waals surface area contributed by atoms with Gasteiger partial charge in [-0.05, 0) is 24.6 Å². The highest BCUT2D eigenvalue weighted by Gasteiger charge is 2.07. The van der Waals surface area contributed by atoms with Crippen LogP contribution in [0.4, 0.5) is 0 Å². The zero-order valence-electron chi connectivity index (χ0n) is 11.3. The largest absolute Gasteiger partial charge is 0.497 e. The number of benzene rings is 2. The molecule has 2 aromatic rings. The molecule has 100 valence electrons. The molecule has 3 heteroatoms. The lowest BCUT2D eigenvalue weighted by Crippen LogP contribution is -2.19. The van der Waals surface area contributed by atoms with E-state index in [1.165, 1.54) is 5.56 Å². The molecule has 0 bridgehead atoms. The van der Waals surface area contributed by atoms with Crippen molar-refractivity contribution in [2.75, 3.05) is 13.7 Å².